The third-order valence-corrected chi connectivity index (χ3v) is 6.10. The van der Waals surface area contributed by atoms with Gasteiger partial charge in [0.2, 0.25) is 0 Å². The number of unbranched alkanes of at least 4 members (excludes halogenated alkanes) is 2. The van der Waals surface area contributed by atoms with Gasteiger partial charge in [0.1, 0.15) is 11.5 Å². The average Bonchev–Trinajstić information content (AvgIpc) is 3.10. The second-order valence-electron chi connectivity index (χ2n) is 6.35. The molecule has 1 aromatic heterocycles. The van der Waals surface area contributed by atoms with E-state index in [0.717, 1.165) is 6.92 Å². The van der Waals surface area contributed by atoms with Gasteiger partial charge in [-0.05, 0) is 62.0 Å². The molecule has 2 atom stereocenters. The number of hydrogen-bond acceptors (Lipinski definition) is 7. The molecule has 1 aromatic carbocycles. The fourth-order valence-corrected chi connectivity index (χ4v) is 3.41. The Bertz CT molecular complexity index is 929. The van der Waals surface area contributed by atoms with Crippen molar-refractivity contribution >= 4 is 21.3 Å². The standard InChI is InChI=1S/C17H23F2N5O3S/c1-11-10-13(7-8-14(11)19)21-17(22-25)16-15(23-27-24-16)6-4-3-5-9-28(20,26)12(2)18/h7-8,10,12,20,25H,3-6,9H2,1-2H3,(H,21,22). The summed E-state index contributed by atoms with van der Waals surface area (Å²) in [5, 5.41) is 17.0. The van der Waals surface area contributed by atoms with Crippen LogP contribution in [0.25, 0.3) is 0 Å². The predicted octanol–water partition coefficient (Wildman–Crippen LogP) is 3.65. The Morgan fingerprint density at radius 2 is 2.14 bits per heavy atom. The summed E-state index contributed by atoms with van der Waals surface area (Å²) in [6.07, 6.45) is 2.12. The topological polar surface area (TPSA) is 124 Å². The fraction of sp³-hybridized carbons (Fsp3) is 0.471. The lowest BCUT2D eigenvalue weighted by Crippen LogP contribution is -2.22. The molecule has 2 aromatic rings. The SMILES string of the molecule is Cc1cc(N=C(NO)c2nonc2CCCCCS(=N)(=O)C(C)F)ccc1F. The van der Waals surface area contributed by atoms with E-state index in [0.29, 0.717) is 42.6 Å². The van der Waals surface area contributed by atoms with E-state index in [-0.39, 0.29) is 23.1 Å². The molecule has 8 nitrogen and oxygen atoms in total. The molecular weight excluding hydrogens is 392 g/mol. The number of aromatic nitrogens is 2. The van der Waals surface area contributed by atoms with E-state index >= 15 is 0 Å². The average molecular weight is 415 g/mol. The number of nitrogens with one attached hydrogen (secondary N) is 2. The number of halogens is 2. The van der Waals surface area contributed by atoms with Gasteiger partial charge >= 0.3 is 0 Å². The number of aryl methyl sites for hydroxylation is 2. The molecule has 3 N–H and O–H groups in total. The molecule has 11 heteroatoms. The zero-order valence-electron chi connectivity index (χ0n) is 15.6. The first kappa shape index (κ1) is 21.9. The van der Waals surface area contributed by atoms with Gasteiger partial charge in [-0.3, -0.25) is 15.5 Å². The molecule has 0 saturated heterocycles. The number of rotatable bonds is 9. The van der Waals surface area contributed by atoms with Gasteiger partial charge in [0.05, 0.1) is 15.4 Å². The van der Waals surface area contributed by atoms with Crippen LogP contribution in [0.1, 0.15) is 43.1 Å². The van der Waals surface area contributed by atoms with Crippen LogP contribution < -0.4 is 5.48 Å². The first-order valence-corrected chi connectivity index (χ1v) is 10.5. The Morgan fingerprint density at radius 1 is 1.39 bits per heavy atom. The Hall–Kier alpha value is -2.40. The lowest BCUT2D eigenvalue weighted by molar-refractivity contribution is 0.234. The van der Waals surface area contributed by atoms with Crippen LogP contribution in [0.4, 0.5) is 14.5 Å². The molecule has 0 aliphatic carbocycles. The van der Waals surface area contributed by atoms with Crippen molar-refractivity contribution in [2.75, 3.05) is 5.75 Å². The van der Waals surface area contributed by atoms with Gasteiger partial charge in [-0.2, -0.15) is 0 Å². The molecule has 0 spiro atoms. The highest BCUT2D eigenvalue weighted by atomic mass is 32.2. The van der Waals surface area contributed by atoms with Crippen molar-refractivity contribution in [1.29, 1.82) is 4.78 Å². The van der Waals surface area contributed by atoms with Gasteiger partial charge < -0.3 is 0 Å². The highest BCUT2D eigenvalue weighted by Gasteiger charge is 2.17. The third-order valence-electron chi connectivity index (χ3n) is 4.15. The van der Waals surface area contributed by atoms with E-state index in [2.05, 4.69) is 15.3 Å². The van der Waals surface area contributed by atoms with E-state index < -0.39 is 15.2 Å². The maximum Gasteiger partial charge on any atom is 0.181 e. The predicted molar refractivity (Wildman–Crippen MR) is 100 cm³/mol. The molecule has 0 aliphatic heterocycles. The third kappa shape index (κ3) is 5.80. The first-order chi connectivity index (χ1) is 13.2. The first-order valence-electron chi connectivity index (χ1n) is 8.70. The van der Waals surface area contributed by atoms with Crippen molar-refractivity contribution in [2.24, 2.45) is 4.99 Å². The summed E-state index contributed by atoms with van der Waals surface area (Å²) in [6.45, 7) is 2.73. The monoisotopic (exact) mass is 415 g/mol. The highest BCUT2D eigenvalue weighted by Crippen LogP contribution is 2.19. The number of nitrogens with zero attached hydrogens (tertiary/aromatic N) is 3. The van der Waals surface area contributed by atoms with Gasteiger partial charge in [-0.15, -0.1) is 0 Å². The molecule has 2 rings (SSSR count). The summed E-state index contributed by atoms with van der Waals surface area (Å²) in [5.41, 5.74) is 1.78. The van der Waals surface area contributed by atoms with E-state index in [4.69, 9.17) is 9.41 Å². The van der Waals surface area contributed by atoms with Crippen LogP contribution in [0.5, 0.6) is 0 Å². The maximum absolute atomic E-state index is 13.4. The van der Waals surface area contributed by atoms with Crippen molar-refractivity contribution in [1.82, 2.24) is 15.8 Å². The summed E-state index contributed by atoms with van der Waals surface area (Å²) in [5.74, 6) is -0.355. The van der Waals surface area contributed by atoms with Crippen molar-refractivity contribution < 1.29 is 22.8 Å². The molecule has 0 bridgehead atoms. The number of hydrogen-bond donors (Lipinski definition) is 3. The minimum atomic E-state index is -3.20. The number of aliphatic imine (C=N–C) groups is 1. The molecule has 154 valence electrons. The Balaban J connectivity index is 2.01. The van der Waals surface area contributed by atoms with E-state index in [1.807, 2.05) is 5.48 Å². The molecule has 28 heavy (non-hydrogen) atoms. The van der Waals surface area contributed by atoms with Crippen LogP contribution in [0, 0.1) is 17.5 Å². The maximum atomic E-state index is 13.4. The number of alkyl halides is 1. The molecule has 0 radical (unpaired) electrons. The smallest absolute Gasteiger partial charge is 0.181 e. The van der Waals surface area contributed by atoms with E-state index in [9.17, 15) is 18.2 Å². The summed E-state index contributed by atoms with van der Waals surface area (Å²) >= 11 is 0. The Kier molecular flexibility index (Phi) is 7.58. The summed E-state index contributed by atoms with van der Waals surface area (Å²) in [6, 6.07) is 4.24. The fourth-order valence-electron chi connectivity index (χ4n) is 2.46. The highest BCUT2D eigenvalue weighted by molar-refractivity contribution is 7.92. The number of hydroxylamine groups is 1. The van der Waals surface area contributed by atoms with Crippen LogP contribution in [-0.2, 0) is 16.1 Å². The largest absolute Gasteiger partial charge is 0.290 e. The zero-order valence-corrected chi connectivity index (χ0v) is 16.4. The number of benzene rings is 1. The lowest BCUT2D eigenvalue weighted by atomic mass is 10.1. The van der Waals surface area contributed by atoms with Gasteiger partial charge in [0, 0.05) is 5.75 Å². The minimum Gasteiger partial charge on any atom is -0.290 e. The van der Waals surface area contributed by atoms with Gasteiger partial charge in [0.25, 0.3) is 0 Å². The molecular formula is C17H23F2N5O3S. The van der Waals surface area contributed by atoms with Crippen molar-refractivity contribution in [2.45, 2.75) is 45.0 Å². The number of amidine groups is 1. The molecule has 0 amide bonds. The van der Waals surface area contributed by atoms with Crippen LogP contribution >= 0.6 is 0 Å². The van der Waals surface area contributed by atoms with Crippen LogP contribution in [0.3, 0.4) is 0 Å². The van der Waals surface area contributed by atoms with Crippen molar-refractivity contribution in [3.63, 3.8) is 0 Å². The van der Waals surface area contributed by atoms with Crippen molar-refractivity contribution in [3.8, 4) is 0 Å². The summed E-state index contributed by atoms with van der Waals surface area (Å²) in [4.78, 5) is 4.20. The second kappa shape index (κ2) is 9.69. The molecule has 0 saturated carbocycles. The molecule has 0 aliphatic rings. The Labute approximate surface area is 162 Å². The molecule has 1 heterocycles. The van der Waals surface area contributed by atoms with Gasteiger partial charge in [0.15, 0.2) is 17.0 Å². The van der Waals surface area contributed by atoms with Crippen LogP contribution in [0.15, 0.2) is 27.8 Å². The zero-order chi connectivity index (χ0) is 20.7. The summed E-state index contributed by atoms with van der Waals surface area (Å²) < 4.78 is 50.3. The van der Waals surface area contributed by atoms with Crippen molar-refractivity contribution in [3.05, 3.63) is 41.0 Å². The normalized spacial score (nSPS) is 15.2. The quantitative estimate of drug-likeness (QED) is 0.248. The van der Waals surface area contributed by atoms with Gasteiger partial charge in [-0.1, -0.05) is 11.6 Å². The molecule has 2 unspecified atom stereocenters. The minimum absolute atomic E-state index is 0.00249. The second-order valence-corrected chi connectivity index (χ2v) is 8.86. The van der Waals surface area contributed by atoms with E-state index in [1.165, 1.54) is 18.2 Å². The summed E-state index contributed by atoms with van der Waals surface area (Å²) in [7, 11) is -3.20. The molecule has 0 fully saturated rings. The Morgan fingerprint density at radius 3 is 2.79 bits per heavy atom. The van der Waals surface area contributed by atoms with Crippen LogP contribution in [-0.4, -0.2) is 36.8 Å². The lowest BCUT2D eigenvalue weighted by Gasteiger charge is -2.08. The van der Waals surface area contributed by atoms with Gasteiger partial charge in [-0.25, -0.2) is 22.6 Å². The van der Waals surface area contributed by atoms with Crippen LogP contribution in [0.2, 0.25) is 0 Å². The van der Waals surface area contributed by atoms with E-state index in [1.54, 1.807) is 6.92 Å².